The number of aromatic amines is 1. The number of hydrogen-bond donors (Lipinski definition) is 2. The van der Waals surface area contributed by atoms with Gasteiger partial charge in [-0.25, -0.2) is 0 Å². The van der Waals surface area contributed by atoms with Crippen LogP contribution in [0.5, 0.6) is 0 Å². The molecule has 2 aromatic heterocycles. The summed E-state index contributed by atoms with van der Waals surface area (Å²) in [5, 5.41) is 4.29. The van der Waals surface area contributed by atoms with Crippen molar-refractivity contribution in [3.05, 3.63) is 53.1 Å². The highest BCUT2D eigenvalue weighted by atomic mass is 32.1. The second-order valence-electron chi connectivity index (χ2n) is 5.85. The van der Waals surface area contributed by atoms with Crippen molar-refractivity contribution in [3.63, 3.8) is 0 Å². The Morgan fingerprint density at radius 1 is 1.32 bits per heavy atom. The van der Waals surface area contributed by atoms with E-state index in [1.165, 1.54) is 17.0 Å². The number of nitrogens with one attached hydrogen (secondary N) is 2. The first-order valence-corrected chi connectivity index (χ1v) is 8.16. The van der Waals surface area contributed by atoms with E-state index in [-0.39, 0.29) is 12.1 Å². The molecule has 0 spiro atoms. The fourth-order valence-electron chi connectivity index (χ4n) is 3.28. The first kappa shape index (κ1) is 15.0. The number of aromatic nitrogens is 2. The van der Waals surface area contributed by atoms with E-state index in [4.69, 9.17) is 12.2 Å². The number of H-pyrrole nitrogens is 1. The van der Waals surface area contributed by atoms with Gasteiger partial charge in [0.15, 0.2) is 5.11 Å². The van der Waals surface area contributed by atoms with Crippen LogP contribution in [0.25, 0.3) is 0 Å². The minimum atomic E-state index is 0.0918. The van der Waals surface area contributed by atoms with Gasteiger partial charge < -0.3 is 15.2 Å². The highest BCUT2D eigenvalue weighted by Gasteiger charge is 2.40. The van der Waals surface area contributed by atoms with Crippen LogP contribution >= 0.6 is 12.2 Å². The van der Waals surface area contributed by atoms with Crippen LogP contribution in [0, 0.1) is 13.8 Å². The van der Waals surface area contributed by atoms with E-state index in [1.54, 1.807) is 0 Å². The molecular formula is C17H22N4S. The molecule has 0 saturated carbocycles. The van der Waals surface area contributed by atoms with Crippen molar-refractivity contribution in [3.8, 4) is 0 Å². The van der Waals surface area contributed by atoms with Crippen molar-refractivity contribution in [1.29, 1.82) is 0 Å². The van der Waals surface area contributed by atoms with Crippen LogP contribution in [0.3, 0.4) is 0 Å². The Morgan fingerprint density at radius 3 is 2.73 bits per heavy atom. The Labute approximate surface area is 136 Å². The van der Waals surface area contributed by atoms with E-state index in [2.05, 4.69) is 53.1 Å². The summed E-state index contributed by atoms with van der Waals surface area (Å²) in [6, 6.07) is 8.55. The van der Waals surface area contributed by atoms with Gasteiger partial charge in [-0.1, -0.05) is 13.0 Å². The van der Waals surface area contributed by atoms with Crippen molar-refractivity contribution in [2.24, 2.45) is 0 Å². The summed E-state index contributed by atoms with van der Waals surface area (Å²) in [5.74, 6) is 0. The van der Waals surface area contributed by atoms with Gasteiger partial charge in [0.05, 0.1) is 17.8 Å². The molecule has 5 heteroatoms. The molecule has 1 fully saturated rings. The van der Waals surface area contributed by atoms with Crippen LogP contribution in [0.15, 0.2) is 30.5 Å². The summed E-state index contributed by atoms with van der Waals surface area (Å²) < 4.78 is 0. The summed E-state index contributed by atoms with van der Waals surface area (Å²) in [4.78, 5) is 10.3. The molecule has 0 aliphatic carbocycles. The van der Waals surface area contributed by atoms with Crippen LogP contribution in [0.1, 0.15) is 48.1 Å². The number of thiocarbonyl (C=S) groups is 1. The molecule has 2 aromatic rings. The van der Waals surface area contributed by atoms with E-state index < -0.39 is 0 Å². The van der Waals surface area contributed by atoms with Crippen molar-refractivity contribution >= 4 is 17.3 Å². The number of aryl methyl sites for hydroxylation is 2. The maximum atomic E-state index is 5.59. The normalized spacial score (nSPS) is 21.2. The molecule has 116 valence electrons. The second-order valence-corrected chi connectivity index (χ2v) is 6.24. The van der Waals surface area contributed by atoms with Gasteiger partial charge in [0, 0.05) is 24.1 Å². The van der Waals surface area contributed by atoms with E-state index in [0.29, 0.717) is 0 Å². The monoisotopic (exact) mass is 314 g/mol. The SMILES string of the molecule is CCCN1C(=S)N[C@@H](c2ccccn2)[C@H]1c1cc(C)[nH]c1C. The largest absolute Gasteiger partial charge is 0.362 e. The molecule has 1 aliphatic heterocycles. The summed E-state index contributed by atoms with van der Waals surface area (Å²) in [5.41, 5.74) is 4.72. The van der Waals surface area contributed by atoms with Gasteiger partial charge in [-0.2, -0.15) is 0 Å². The van der Waals surface area contributed by atoms with Crippen molar-refractivity contribution in [2.45, 2.75) is 39.3 Å². The summed E-state index contributed by atoms with van der Waals surface area (Å²) in [6.45, 7) is 7.35. The topological polar surface area (TPSA) is 44.0 Å². The van der Waals surface area contributed by atoms with E-state index in [1.807, 2.05) is 18.3 Å². The zero-order chi connectivity index (χ0) is 15.7. The van der Waals surface area contributed by atoms with E-state index in [9.17, 15) is 0 Å². The van der Waals surface area contributed by atoms with E-state index >= 15 is 0 Å². The summed E-state index contributed by atoms with van der Waals surface area (Å²) in [7, 11) is 0. The van der Waals surface area contributed by atoms with Crippen LogP contribution < -0.4 is 5.32 Å². The van der Waals surface area contributed by atoms with Gasteiger partial charge in [0.1, 0.15) is 0 Å². The minimum absolute atomic E-state index is 0.0918. The molecule has 0 aromatic carbocycles. The van der Waals surface area contributed by atoms with Gasteiger partial charge in [0.25, 0.3) is 0 Å². The second kappa shape index (κ2) is 6.08. The molecule has 1 saturated heterocycles. The zero-order valence-corrected chi connectivity index (χ0v) is 14.1. The standard InChI is InChI=1S/C17H22N4S/c1-4-9-21-16(13-10-11(2)19-12(13)3)15(20-17(21)22)14-7-5-6-8-18-14/h5-8,10,15-16,19H,4,9H2,1-3H3,(H,20,22)/t15-,16+/m0/s1. The van der Waals surface area contributed by atoms with Crippen LogP contribution in [-0.4, -0.2) is 26.5 Å². The van der Waals surface area contributed by atoms with Gasteiger partial charge >= 0.3 is 0 Å². The van der Waals surface area contributed by atoms with Crippen molar-refractivity contribution in [2.75, 3.05) is 6.54 Å². The average molecular weight is 314 g/mol. The van der Waals surface area contributed by atoms with Gasteiger partial charge in [-0.05, 0) is 56.2 Å². The number of rotatable bonds is 4. The summed E-state index contributed by atoms with van der Waals surface area (Å²) in [6.07, 6.45) is 2.91. The lowest BCUT2D eigenvalue weighted by atomic mass is 9.97. The maximum Gasteiger partial charge on any atom is 0.170 e. The van der Waals surface area contributed by atoms with Crippen LogP contribution in [0.2, 0.25) is 0 Å². The molecule has 3 rings (SSSR count). The maximum absolute atomic E-state index is 5.59. The number of pyridine rings is 1. The summed E-state index contributed by atoms with van der Waals surface area (Å²) >= 11 is 5.59. The molecule has 1 aliphatic rings. The van der Waals surface area contributed by atoms with Gasteiger partial charge in [-0.3, -0.25) is 4.98 Å². The molecular weight excluding hydrogens is 292 g/mol. The quantitative estimate of drug-likeness (QED) is 0.849. The molecule has 2 atom stereocenters. The Kier molecular flexibility index (Phi) is 4.16. The third kappa shape index (κ3) is 2.61. The average Bonchev–Trinajstić information content (AvgIpc) is 3.00. The molecule has 0 radical (unpaired) electrons. The van der Waals surface area contributed by atoms with Crippen molar-refractivity contribution < 1.29 is 0 Å². The fourth-order valence-corrected chi connectivity index (χ4v) is 3.61. The first-order valence-electron chi connectivity index (χ1n) is 7.76. The Hall–Kier alpha value is -1.88. The molecule has 0 bridgehead atoms. The lowest BCUT2D eigenvalue weighted by molar-refractivity contribution is 0.317. The predicted octanol–water partition coefficient (Wildman–Crippen LogP) is 3.41. The Morgan fingerprint density at radius 2 is 2.14 bits per heavy atom. The number of hydrogen-bond acceptors (Lipinski definition) is 2. The smallest absolute Gasteiger partial charge is 0.170 e. The minimum Gasteiger partial charge on any atom is -0.362 e. The lowest BCUT2D eigenvalue weighted by Gasteiger charge is -2.27. The first-order chi connectivity index (χ1) is 10.6. The van der Waals surface area contributed by atoms with Crippen LogP contribution in [0.4, 0.5) is 0 Å². The zero-order valence-electron chi connectivity index (χ0n) is 13.3. The highest BCUT2D eigenvalue weighted by Crippen LogP contribution is 2.39. The predicted molar refractivity (Wildman–Crippen MR) is 92.7 cm³/mol. The van der Waals surface area contributed by atoms with Gasteiger partial charge in [-0.15, -0.1) is 0 Å². The van der Waals surface area contributed by atoms with Crippen LogP contribution in [-0.2, 0) is 0 Å². The third-order valence-corrected chi connectivity index (χ3v) is 4.52. The molecule has 3 heterocycles. The molecule has 2 N–H and O–H groups in total. The highest BCUT2D eigenvalue weighted by molar-refractivity contribution is 7.80. The number of nitrogens with zero attached hydrogens (tertiary/aromatic N) is 2. The lowest BCUT2D eigenvalue weighted by Crippen LogP contribution is -2.30. The molecule has 0 unspecified atom stereocenters. The van der Waals surface area contributed by atoms with Crippen molar-refractivity contribution in [1.82, 2.24) is 20.2 Å². The third-order valence-electron chi connectivity index (χ3n) is 4.17. The molecule has 4 nitrogen and oxygen atoms in total. The van der Waals surface area contributed by atoms with E-state index in [0.717, 1.165) is 23.8 Å². The Bertz CT molecular complexity index is 665. The van der Waals surface area contributed by atoms with Gasteiger partial charge in [0.2, 0.25) is 0 Å². The Balaban J connectivity index is 2.05. The molecule has 0 amide bonds. The fraction of sp³-hybridized carbons (Fsp3) is 0.412. The molecule has 22 heavy (non-hydrogen) atoms.